The van der Waals surface area contributed by atoms with E-state index in [1.807, 2.05) is 30.5 Å². The monoisotopic (exact) mass is 551 g/mol. The Morgan fingerprint density at radius 1 is 0.905 bits per heavy atom. The average Bonchev–Trinajstić information content (AvgIpc) is 3.54. The van der Waals surface area contributed by atoms with Crippen LogP contribution in [0.1, 0.15) is 40.6 Å². The Labute approximate surface area is 244 Å². The lowest BCUT2D eigenvalue weighted by Gasteiger charge is -2.37. The molecule has 1 aliphatic heterocycles. The van der Waals surface area contributed by atoms with Gasteiger partial charge in [0, 0.05) is 35.5 Å². The molecule has 0 saturated carbocycles. The Kier molecular flexibility index (Phi) is 6.72. The lowest BCUT2D eigenvalue weighted by atomic mass is 9.77. The van der Waals surface area contributed by atoms with E-state index in [-0.39, 0.29) is 11.7 Å². The zero-order chi connectivity index (χ0) is 28.5. The predicted molar refractivity (Wildman–Crippen MR) is 168 cm³/mol. The van der Waals surface area contributed by atoms with Crippen molar-refractivity contribution in [3.63, 3.8) is 0 Å². The van der Waals surface area contributed by atoms with Crippen LogP contribution in [-0.2, 0) is 6.61 Å². The number of nitrogens with zero attached hydrogens (tertiary/aromatic N) is 2. The van der Waals surface area contributed by atoms with Crippen LogP contribution in [0.15, 0.2) is 126 Å². The highest BCUT2D eigenvalue weighted by Gasteiger charge is 2.37. The summed E-state index contributed by atoms with van der Waals surface area (Å²) >= 11 is 0. The number of ether oxygens (including phenoxy) is 1. The van der Waals surface area contributed by atoms with Crippen molar-refractivity contribution in [1.29, 1.82) is 0 Å². The molecule has 1 aliphatic carbocycles. The van der Waals surface area contributed by atoms with E-state index in [0.29, 0.717) is 24.2 Å². The molecule has 0 fully saturated rings. The molecular weight excluding hydrogens is 522 g/mol. The van der Waals surface area contributed by atoms with Crippen LogP contribution in [0.4, 0.5) is 17.1 Å². The molecular formula is C36H29N3O3. The van der Waals surface area contributed by atoms with Crippen molar-refractivity contribution in [3.8, 4) is 5.75 Å². The summed E-state index contributed by atoms with van der Waals surface area (Å²) in [7, 11) is 0. The molecule has 6 nitrogen and oxygen atoms in total. The van der Waals surface area contributed by atoms with Gasteiger partial charge in [-0.1, -0.05) is 72.8 Å². The molecule has 206 valence electrons. The summed E-state index contributed by atoms with van der Waals surface area (Å²) in [6.07, 6.45) is 7.62. The first-order chi connectivity index (χ1) is 20.6. The van der Waals surface area contributed by atoms with Crippen molar-refractivity contribution in [2.45, 2.75) is 25.0 Å². The van der Waals surface area contributed by atoms with Crippen molar-refractivity contribution in [2.24, 2.45) is 10.9 Å². The van der Waals surface area contributed by atoms with Crippen molar-refractivity contribution >= 4 is 34.0 Å². The molecule has 1 N–H and O–H groups in total. The predicted octanol–water partition coefficient (Wildman–Crippen LogP) is 8.90. The Bertz CT molecular complexity index is 1830. The number of aliphatic imine (C=N–C) groups is 1. The second-order valence-electron chi connectivity index (χ2n) is 10.8. The van der Waals surface area contributed by atoms with Crippen molar-refractivity contribution in [3.05, 3.63) is 154 Å². The number of hydrogen-bond donors (Lipinski definition) is 1. The van der Waals surface area contributed by atoms with Crippen molar-refractivity contribution in [2.75, 3.05) is 5.32 Å². The van der Waals surface area contributed by atoms with E-state index in [0.717, 1.165) is 34.0 Å². The van der Waals surface area contributed by atoms with Gasteiger partial charge >= 0.3 is 0 Å². The van der Waals surface area contributed by atoms with Crippen LogP contribution in [0.3, 0.4) is 0 Å². The normalized spacial score (nSPS) is 18.9. The number of hydrogen-bond acceptors (Lipinski definition) is 5. The number of benzene rings is 5. The molecule has 0 radical (unpaired) electrons. The summed E-state index contributed by atoms with van der Waals surface area (Å²) in [5.41, 5.74) is 6.54. The largest absolute Gasteiger partial charge is 0.488 e. The molecule has 0 aromatic heterocycles. The highest BCUT2D eigenvalue weighted by Crippen LogP contribution is 2.49. The quantitative estimate of drug-likeness (QED) is 0.0948. The van der Waals surface area contributed by atoms with Crippen LogP contribution in [0.5, 0.6) is 5.75 Å². The van der Waals surface area contributed by atoms with E-state index in [1.54, 1.807) is 12.1 Å². The Hall–Kier alpha value is -5.23. The summed E-state index contributed by atoms with van der Waals surface area (Å²) in [5, 5.41) is 16.9. The first kappa shape index (κ1) is 25.7. The van der Waals surface area contributed by atoms with Gasteiger partial charge in [-0.15, -0.1) is 0 Å². The first-order valence-electron chi connectivity index (χ1n) is 14.2. The van der Waals surface area contributed by atoms with Gasteiger partial charge in [-0.2, -0.15) is 0 Å². The van der Waals surface area contributed by atoms with E-state index in [1.165, 1.54) is 28.9 Å². The molecule has 0 bridgehead atoms. The number of anilines is 1. The number of allylic oxidation sites excluding steroid dienone is 2. The minimum absolute atomic E-state index is 0.0621. The molecule has 7 rings (SSSR count). The van der Waals surface area contributed by atoms with E-state index in [4.69, 9.17) is 9.73 Å². The average molecular weight is 552 g/mol. The fraction of sp³-hybridized carbons (Fsp3) is 0.139. The van der Waals surface area contributed by atoms with Gasteiger partial charge in [0.15, 0.2) is 0 Å². The lowest BCUT2D eigenvalue weighted by Crippen LogP contribution is -2.28. The molecule has 2 aliphatic rings. The van der Waals surface area contributed by atoms with Crippen LogP contribution < -0.4 is 10.1 Å². The van der Waals surface area contributed by atoms with Crippen LogP contribution in [0.25, 0.3) is 10.8 Å². The third kappa shape index (κ3) is 4.92. The Morgan fingerprint density at radius 2 is 1.69 bits per heavy atom. The second-order valence-corrected chi connectivity index (χ2v) is 10.8. The maximum absolute atomic E-state index is 11.0. The van der Waals surface area contributed by atoms with Crippen LogP contribution in [-0.4, -0.2) is 11.1 Å². The molecule has 0 saturated heterocycles. The molecule has 3 atom stereocenters. The van der Waals surface area contributed by atoms with Gasteiger partial charge in [0.25, 0.3) is 5.69 Å². The van der Waals surface area contributed by atoms with Crippen LogP contribution in [0.2, 0.25) is 0 Å². The number of non-ortho nitro benzene ring substituents is 1. The zero-order valence-electron chi connectivity index (χ0n) is 22.9. The van der Waals surface area contributed by atoms with Crippen LogP contribution in [0, 0.1) is 16.0 Å². The number of nitro benzene ring substituents is 1. The van der Waals surface area contributed by atoms with Gasteiger partial charge in [-0.3, -0.25) is 15.1 Å². The maximum atomic E-state index is 11.0. The third-order valence-corrected chi connectivity index (χ3v) is 8.34. The number of rotatable bonds is 7. The lowest BCUT2D eigenvalue weighted by molar-refractivity contribution is -0.384. The number of nitro groups is 1. The van der Waals surface area contributed by atoms with Gasteiger partial charge in [0.1, 0.15) is 12.4 Å². The number of fused-ring (bicyclic) bond motifs is 4. The molecule has 6 heteroatoms. The number of nitrogens with one attached hydrogen (secondary N) is 1. The highest BCUT2D eigenvalue weighted by molar-refractivity contribution is 6.03. The van der Waals surface area contributed by atoms with E-state index >= 15 is 0 Å². The smallest absolute Gasteiger partial charge is 0.269 e. The standard InChI is InChI=1S/C36H29N3O3/c40-39(41)28-19-12-24(13-20-28)23-42-35-21-16-25-6-1-2-7-29(25)33(35)22-37-27-17-14-26(15-18-27)36-32-10-5-9-30(32)31-8-3-4-11-34(31)38-36/h1-9,11-22,30,32,36,38H,10,23H2/t30-,32+,36-/m0/s1. The molecule has 1 heterocycles. The van der Waals surface area contributed by atoms with Gasteiger partial charge in [-0.05, 0) is 76.2 Å². The Balaban J connectivity index is 1.13. The first-order valence-corrected chi connectivity index (χ1v) is 14.2. The zero-order valence-corrected chi connectivity index (χ0v) is 22.9. The van der Waals surface area contributed by atoms with Crippen molar-refractivity contribution in [1.82, 2.24) is 0 Å². The molecule has 0 unspecified atom stereocenters. The van der Waals surface area contributed by atoms with E-state index < -0.39 is 4.92 Å². The SMILES string of the molecule is O=[N+]([O-])c1ccc(COc2ccc3ccccc3c2C=Nc2ccc([C@@H]3Nc4ccccc4[C@@H]4C=CC[C@H]43)cc2)cc1. The topological polar surface area (TPSA) is 76.8 Å². The molecule has 0 amide bonds. The fourth-order valence-electron chi connectivity index (χ4n) is 6.19. The second kappa shape index (κ2) is 11.0. The highest BCUT2D eigenvalue weighted by atomic mass is 16.6. The third-order valence-electron chi connectivity index (χ3n) is 8.34. The summed E-state index contributed by atoms with van der Waals surface area (Å²) in [5.74, 6) is 1.65. The summed E-state index contributed by atoms with van der Waals surface area (Å²) in [6, 6.07) is 36.0. The van der Waals surface area contributed by atoms with Crippen molar-refractivity contribution < 1.29 is 9.66 Å². The Morgan fingerprint density at radius 3 is 2.52 bits per heavy atom. The summed E-state index contributed by atoms with van der Waals surface area (Å²) in [4.78, 5) is 15.4. The fourth-order valence-corrected chi connectivity index (χ4v) is 6.19. The van der Waals surface area contributed by atoms with E-state index in [2.05, 4.69) is 78.1 Å². The van der Waals surface area contributed by atoms with Gasteiger partial charge in [0.2, 0.25) is 0 Å². The molecule has 42 heavy (non-hydrogen) atoms. The molecule has 5 aromatic carbocycles. The minimum Gasteiger partial charge on any atom is -0.488 e. The van der Waals surface area contributed by atoms with E-state index in [9.17, 15) is 10.1 Å². The molecule has 0 spiro atoms. The van der Waals surface area contributed by atoms with Crippen LogP contribution >= 0.6 is 0 Å². The van der Waals surface area contributed by atoms with Gasteiger partial charge in [-0.25, -0.2) is 0 Å². The minimum atomic E-state index is -0.400. The summed E-state index contributed by atoms with van der Waals surface area (Å²) < 4.78 is 6.21. The summed E-state index contributed by atoms with van der Waals surface area (Å²) in [6.45, 7) is 0.292. The maximum Gasteiger partial charge on any atom is 0.269 e. The van der Waals surface area contributed by atoms with Gasteiger partial charge in [0.05, 0.1) is 16.7 Å². The van der Waals surface area contributed by atoms with Gasteiger partial charge < -0.3 is 10.1 Å². The molecule has 5 aromatic rings. The number of para-hydroxylation sites is 1.